The largest absolute Gasteiger partial charge is 0.496 e. The number of nitrogens with zero attached hydrogens (tertiary/aromatic N) is 4. The highest BCUT2D eigenvalue weighted by Gasteiger charge is 2.52. The summed E-state index contributed by atoms with van der Waals surface area (Å²) in [6, 6.07) is 23.3. The number of benzene rings is 4. The fourth-order valence-corrected chi connectivity index (χ4v) is 7.86. The van der Waals surface area contributed by atoms with Gasteiger partial charge in [-0.25, -0.2) is 13.6 Å². The van der Waals surface area contributed by atoms with E-state index in [2.05, 4.69) is 74.8 Å². The highest BCUT2D eigenvalue weighted by molar-refractivity contribution is 9.10. The number of ether oxygens (including phenoxy) is 3. The third-order valence-electron chi connectivity index (χ3n) is 12.7. The van der Waals surface area contributed by atoms with Gasteiger partial charge in [0.2, 0.25) is 11.8 Å². The zero-order valence-corrected chi connectivity index (χ0v) is 48.8. The molecular formula is C58H77BBrF2N9O8. The molecule has 2 aliphatic heterocycles. The molecule has 0 unspecified atom stereocenters. The number of aromatic nitrogens is 2. The molecule has 21 heteroatoms. The lowest BCUT2D eigenvalue weighted by Gasteiger charge is -2.32. The minimum atomic E-state index is -0.906. The molecule has 6 N–H and O–H groups in total. The van der Waals surface area contributed by atoms with E-state index in [1.54, 1.807) is 33.0 Å². The number of rotatable bonds is 21. The number of likely N-dealkylation sites (N-methyl/N-ethyl adjacent to an activating group) is 2. The van der Waals surface area contributed by atoms with Crippen molar-refractivity contribution >= 4 is 58.5 Å². The molecule has 1 fully saturated rings. The molecule has 7 rings (SSSR count). The normalized spacial score (nSPS) is 15.0. The van der Waals surface area contributed by atoms with E-state index in [-0.39, 0.29) is 40.1 Å². The maximum absolute atomic E-state index is 14.8. The van der Waals surface area contributed by atoms with Gasteiger partial charge in [-0.1, -0.05) is 66.7 Å². The van der Waals surface area contributed by atoms with Crippen LogP contribution >= 0.6 is 15.9 Å². The molecule has 0 saturated carbocycles. The van der Waals surface area contributed by atoms with Gasteiger partial charge in [0, 0.05) is 48.8 Å². The molecule has 5 aromatic rings. The number of carbonyl (C=O) groups is 3. The Morgan fingerprint density at radius 2 is 1.33 bits per heavy atom. The first-order valence-electron chi connectivity index (χ1n) is 26.2. The monoisotopic (exact) mass is 1160 g/mol. The number of hydrogen-bond donors (Lipinski definition) is 5. The number of hydrogen-bond acceptors (Lipinski definition) is 13. The second kappa shape index (κ2) is 29.6. The number of aryl methyl sites for hydroxylation is 2. The first kappa shape index (κ1) is 63.3. The number of anilines is 2. The summed E-state index contributed by atoms with van der Waals surface area (Å²) in [7, 11) is 7.43. The lowest BCUT2D eigenvalue weighted by Crippen LogP contribution is -2.46. The molecule has 0 bridgehead atoms. The molecule has 0 radical (unpaired) electrons. The number of nitrogens with one attached hydrogen (secondary N) is 4. The first-order chi connectivity index (χ1) is 37.3. The van der Waals surface area contributed by atoms with Crippen LogP contribution in [-0.2, 0) is 36.5 Å². The van der Waals surface area contributed by atoms with Crippen molar-refractivity contribution in [3.05, 3.63) is 136 Å². The average molecular weight is 1160 g/mol. The molecule has 2 atom stereocenters. The van der Waals surface area contributed by atoms with Crippen molar-refractivity contribution in [2.24, 2.45) is 10.7 Å². The zero-order chi connectivity index (χ0) is 57.9. The topological polar surface area (TPSA) is 207 Å². The van der Waals surface area contributed by atoms with Crippen molar-refractivity contribution in [1.29, 1.82) is 0 Å². The van der Waals surface area contributed by atoms with Gasteiger partial charge in [-0.3, -0.25) is 19.7 Å². The smallest absolute Gasteiger partial charge is 0.490 e. The number of alkyl carbamates (subject to hydrolysis) is 1. The highest BCUT2D eigenvalue weighted by atomic mass is 79.9. The Hall–Kier alpha value is -6.49. The second-order valence-corrected chi connectivity index (χ2v) is 22.4. The van der Waals surface area contributed by atoms with Crippen LogP contribution in [-0.4, -0.2) is 141 Å². The molecule has 426 valence electrons. The molecule has 17 nitrogen and oxygen atoms in total. The summed E-state index contributed by atoms with van der Waals surface area (Å²) >= 11 is 3.16. The van der Waals surface area contributed by atoms with E-state index in [9.17, 15) is 23.2 Å². The van der Waals surface area contributed by atoms with E-state index in [0.29, 0.717) is 74.6 Å². The van der Waals surface area contributed by atoms with Crippen LogP contribution in [0.2, 0.25) is 0 Å². The molecular weight excluding hydrogens is 1080 g/mol. The van der Waals surface area contributed by atoms with E-state index in [4.69, 9.17) is 29.3 Å². The van der Waals surface area contributed by atoms with Crippen molar-refractivity contribution in [2.75, 3.05) is 71.7 Å². The Labute approximate surface area is 472 Å². The van der Waals surface area contributed by atoms with Gasteiger partial charge in [0.15, 0.2) is 0 Å². The van der Waals surface area contributed by atoms with Gasteiger partial charge in [0.05, 0.1) is 45.8 Å². The van der Waals surface area contributed by atoms with Gasteiger partial charge >= 0.3 is 13.2 Å². The highest BCUT2D eigenvalue weighted by Crippen LogP contribution is 2.39. The quantitative estimate of drug-likeness (QED) is 0.0436. The lowest BCUT2D eigenvalue weighted by molar-refractivity contribution is -0.118. The zero-order valence-electron chi connectivity index (χ0n) is 47.3. The Morgan fingerprint density at radius 3 is 1.84 bits per heavy atom. The summed E-state index contributed by atoms with van der Waals surface area (Å²) in [5, 5.41) is 14.6. The van der Waals surface area contributed by atoms with E-state index < -0.39 is 41.3 Å². The summed E-state index contributed by atoms with van der Waals surface area (Å²) in [6.07, 6.45) is 8.33. The predicted octanol–water partition coefficient (Wildman–Crippen LogP) is 9.68. The van der Waals surface area contributed by atoms with Crippen LogP contribution in [0.4, 0.5) is 25.0 Å². The number of allylic oxidation sites excluding steroid dienone is 1. The maximum atomic E-state index is 14.8. The summed E-state index contributed by atoms with van der Waals surface area (Å²) < 4.78 is 58.0. The number of aromatic amines is 1. The molecule has 2 aliphatic rings. The van der Waals surface area contributed by atoms with Crippen LogP contribution in [0.25, 0.3) is 11.1 Å². The summed E-state index contributed by atoms with van der Waals surface area (Å²) in [4.78, 5) is 46.3. The van der Waals surface area contributed by atoms with E-state index in [1.807, 2.05) is 111 Å². The molecule has 0 aliphatic carbocycles. The minimum absolute atomic E-state index is 0.181. The SMILES string of the molecule is CC1(C)OB(C2=CCN=C2)OC1(C)C.CN(C)CCOc1cc(-c2cn[nH]c2)c(F)cc1NC(=O)[C@H](N)CCc1ccccc1.CN(C)CCOc1cc(Br)c(F)cc1NC(=O)[C@@H](CCc1ccccc1)NC(=O)OC(C)(C)C. The van der Waals surface area contributed by atoms with Crippen LogP contribution < -0.4 is 31.2 Å². The Kier molecular flexibility index (Phi) is 23.8. The number of amides is 3. The molecule has 79 heavy (non-hydrogen) atoms. The van der Waals surface area contributed by atoms with Crippen molar-refractivity contribution < 1.29 is 46.7 Å². The standard InChI is InChI=1S/C25H33BrFN3O4.C23H28FN5O2.C10H16BNO2/c1-25(2,3)34-24(32)29-20(12-11-17-9-7-6-8-10-17)23(31)28-21-16-19(27)18(26)15-22(21)33-14-13-30(4)5;1-29(2)10-11-31-22-12-18(17-14-26-27-15-17)19(24)13-21(22)28-23(30)20(25)9-8-16-6-4-3-5-7-16;1-9(2)10(3,4)14-11(13-9)8-5-6-12-7-8/h6-10,15-16,20H,11-14H2,1-5H3,(H,28,31)(H,29,32);3-7,12-15,20H,8-11,25H2,1-2H3,(H,26,27)(H,28,30);5,7H,6H2,1-4H3/t2*20-;/m11./s1. The van der Waals surface area contributed by atoms with Gasteiger partial charge in [0.25, 0.3) is 0 Å². The fourth-order valence-electron chi connectivity index (χ4n) is 7.53. The van der Waals surface area contributed by atoms with Crippen molar-refractivity contribution in [2.45, 2.75) is 103 Å². The lowest BCUT2D eigenvalue weighted by atomic mass is 9.79. The third kappa shape index (κ3) is 20.6. The fraction of sp³-hybridized carbons (Fsp3) is 0.431. The molecule has 3 amide bonds. The van der Waals surface area contributed by atoms with Crippen LogP contribution in [0, 0.1) is 11.6 Å². The van der Waals surface area contributed by atoms with E-state index in [1.165, 1.54) is 24.4 Å². The summed E-state index contributed by atoms with van der Waals surface area (Å²) in [6.45, 7) is 16.2. The van der Waals surface area contributed by atoms with Gasteiger partial charge < -0.3 is 55.0 Å². The summed E-state index contributed by atoms with van der Waals surface area (Å²) in [5.74, 6) is -1.22. The Bertz CT molecular complexity index is 2800. The summed E-state index contributed by atoms with van der Waals surface area (Å²) in [5.41, 5.74) is 9.39. The average Bonchev–Trinajstić information content (AvgIpc) is 4.40. The minimum Gasteiger partial charge on any atom is -0.490 e. The number of carbonyl (C=O) groups excluding carboxylic acids is 3. The predicted molar refractivity (Wildman–Crippen MR) is 312 cm³/mol. The molecule has 0 spiro atoms. The molecule has 1 saturated heterocycles. The van der Waals surface area contributed by atoms with E-state index >= 15 is 0 Å². The number of H-pyrrole nitrogens is 1. The number of halogens is 3. The number of nitrogens with two attached hydrogens (primary N) is 1. The van der Waals surface area contributed by atoms with Crippen LogP contribution in [0.1, 0.15) is 72.4 Å². The van der Waals surface area contributed by atoms with Crippen LogP contribution in [0.5, 0.6) is 11.5 Å². The van der Waals surface area contributed by atoms with Crippen LogP contribution in [0.15, 0.2) is 118 Å². The Balaban J connectivity index is 0.000000235. The van der Waals surface area contributed by atoms with Gasteiger partial charge in [-0.2, -0.15) is 5.10 Å². The maximum Gasteiger partial charge on any atom is 0.496 e. The van der Waals surface area contributed by atoms with Crippen molar-refractivity contribution in [3.63, 3.8) is 0 Å². The molecule has 4 aromatic carbocycles. The molecule has 3 heterocycles. The first-order valence-corrected chi connectivity index (χ1v) is 27.0. The van der Waals surface area contributed by atoms with Crippen molar-refractivity contribution in [3.8, 4) is 22.6 Å². The number of aliphatic imine (C=N–C) groups is 1. The van der Waals surface area contributed by atoms with Gasteiger partial charge in [-0.15, -0.1) is 0 Å². The van der Waals surface area contributed by atoms with Gasteiger partial charge in [-0.05, 0) is 147 Å². The molecule has 1 aromatic heterocycles. The second-order valence-electron chi connectivity index (χ2n) is 21.5. The van der Waals surface area contributed by atoms with Crippen molar-refractivity contribution in [1.82, 2.24) is 25.3 Å². The van der Waals surface area contributed by atoms with Crippen LogP contribution in [0.3, 0.4) is 0 Å². The van der Waals surface area contributed by atoms with Gasteiger partial charge in [0.1, 0.15) is 48.0 Å². The third-order valence-corrected chi connectivity index (χ3v) is 13.3. The van der Waals surface area contributed by atoms with E-state index in [0.717, 1.165) is 23.1 Å². The Morgan fingerprint density at radius 1 is 0.797 bits per heavy atom.